The van der Waals surface area contributed by atoms with Crippen LogP contribution in [0.15, 0.2) is 30.3 Å². The second-order valence-corrected chi connectivity index (χ2v) is 4.35. The summed E-state index contributed by atoms with van der Waals surface area (Å²) < 4.78 is 0. The molecule has 0 spiro atoms. The lowest BCUT2D eigenvalue weighted by atomic mass is 10.1. The van der Waals surface area contributed by atoms with E-state index in [9.17, 15) is 9.90 Å². The van der Waals surface area contributed by atoms with Crippen LogP contribution in [0.4, 0.5) is 0 Å². The van der Waals surface area contributed by atoms with Crippen LogP contribution < -0.4 is 10.6 Å². The average molecular weight is 271 g/mol. The minimum absolute atomic E-state index is 0. The van der Waals surface area contributed by atoms with Crippen LogP contribution in [0, 0.1) is 0 Å². The number of hydrogen-bond donors (Lipinski definition) is 3. The van der Waals surface area contributed by atoms with Gasteiger partial charge in [0.1, 0.15) is 0 Å². The molecule has 1 aromatic rings. The molecule has 0 radical (unpaired) electrons. The molecule has 1 aromatic carbocycles. The lowest BCUT2D eigenvalue weighted by Crippen LogP contribution is -2.39. The Bertz CT molecular complexity index is 367. The van der Waals surface area contributed by atoms with E-state index in [1.54, 1.807) is 12.1 Å². The van der Waals surface area contributed by atoms with E-state index >= 15 is 0 Å². The fourth-order valence-electron chi connectivity index (χ4n) is 2.04. The number of carbonyl (C=O) groups is 1. The van der Waals surface area contributed by atoms with Gasteiger partial charge in [-0.2, -0.15) is 0 Å². The highest BCUT2D eigenvalue weighted by molar-refractivity contribution is 5.85. The molecule has 100 valence electrons. The molecule has 0 aliphatic carbocycles. The highest BCUT2D eigenvalue weighted by atomic mass is 35.5. The van der Waals surface area contributed by atoms with Crippen molar-refractivity contribution >= 4 is 18.3 Å². The molecule has 1 saturated heterocycles. The van der Waals surface area contributed by atoms with E-state index in [1.807, 2.05) is 18.2 Å². The number of aliphatic hydroxyl groups is 1. The van der Waals surface area contributed by atoms with Crippen LogP contribution in [0.1, 0.15) is 24.5 Å². The summed E-state index contributed by atoms with van der Waals surface area (Å²) >= 11 is 0. The first kappa shape index (κ1) is 15.0. The van der Waals surface area contributed by atoms with E-state index in [0.717, 1.165) is 19.4 Å². The Balaban J connectivity index is 0.00000162. The summed E-state index contributed by atoms with van der Waals surface area (Å²) in [4.78, 5) is 11.7. The Labute approximate surface area is 113 Å². The van der Waals surface area contributed by atoms with Gasteiger partial charge < -0.3 is 15.7 Å². The topological polar surface area (TPSA) is 61.4 Å². The third-order valence-corrected chi connectivity index (χ3v) is 3.05. The molecule has 18 heavy (non-hydrogen) atoms. The van der Waals surface area contributed by atoms with Crippen molar-refractivity contribution < 1.29 is 9.90 Å². The van der Waals surface area contributed by atoms with Gasteiger partial charge in [-0.15, -0.1) is 12.4 Å². The maximum atomic E-state index is 11.7. The van der Waals surface area contributed by atoms with Crippen LogP contribution in [0.25, 0.3) is 0 Å². The summed E-state index contributed by atoms with van der Waals surface area (Å²) in [7, 11) is 0. The number of hydrogen-bond acceptors (Lipinski definition) is 3. The van der Waals surface area contributed by atoms with Crippen molar-refractivity contribution in [3.8, 4) is 0 Å². The van der Waals surface area contributed by atoms with Gasteiger partial charge in [0.25, 0.3) is 5.91 Å². The van der Waals surface area contributed by atoms with Crippen LogP contribution >= 0.6 is 12.4 Å². The molecule has 1 fully saturated rings. The summed E-state index contributed by atoms with van der Waals surface area (Å²) in [5, 5.41) is 15.9. The SMILES string of the molecule is Cl.O=C(NCC1CCCN1)C(O)c1ccccc1. The van der Waals surface area contributed by atoms with Crippen molar-refractivity contribution in [1.29, 1.82) is 0 Å². The molecule has 3 N–H and O–H groups in total. The molecule has 2 atom stereocenters. The largest absolute Gasteiger partial charge is 0.378 e. The summed E-state index contributed by atoms with van der Waals surface area (Å²) in [6.45, 7) is 1.60. The highest BCUT2D eigenvalue weighted by Gasteiger charge is 2.19. The third kappa shape index (κ3) is 3.98. The molecule has 5 heteroatoms. The highest BCUT2D eigenvalue weighted by Crippen LogP contribution is 2.12. The normalized spacial score (nSPS) is 19.9. The standard InChI is InChI=1S/C13H18N2O2.ClH/c16-12(10-5-2-1-3-6-10)13(17)15-9-11-7-4-8-14-11;/h1-3,5-6,11-12,14,16H,4,7-9H2,(H,15,17);1H. The number of amides is 1. The summed E-state index contributed by atoms with van der Waals surface area (Å²) in [5.41, 5.74) is 0.629. The van der Waals surface area contributed by atoms with E-state index in [2.05, 4.69) is 10.6 Å². The summed E-state index contributed by atoms with van der Waals surface area (Å²) in [5.74, 6) is -0.329. The third-order valence-electron chi connectivity index (χ3n) is 3.05. The van der Waals surface area contributed by atoms with Gasteiger partial charge >= 0.3 is 0 Å². The van der Waals surface area contributed by atoms with Crippen LogP contribution in [-0.2, 0) is 4.79 Å². The number of carbonyl (C=O) groups excluding carboxylic acids is 1. The van der Waals surface area contributed by atoms with Gasteiger partial charge in [0, 0.05) is 12.6 Å². The zero-order valence-corrected chi connectivity index (χ0v) is 11.0. The average Bonchev–Trinajstić information content (AvgIpc) is 2.89. The maximum Gasteiger partial charge on any atom is 0.253 e. The maximum absolute atomic E-state index is 11.7. The van der Waals surface area contributed by atoms with Crippen LogP contribution in [0.2, 0.25) is 0 Å². The Morgan fingerprint density at radius 1 is 1.44 bits per heavy atom. The smallest absolute Gasteiger partial charge is 0.253 e. The van der Waals surface area contributed by atoms with E-state index in [1.165, 1.54) is 0 Å². The second kappa shape index (κ2) is 7.36. The first-order valence-corrected chi connectivity index (χ1v) is 6.01. The van der Waals surface area contributed by atoms with E-state index in [-0.39, 0.29) is 18.3 Å². The van der Waals surface area contributed by atoms with Gasteiger partial charge in [0.05, 0.1) is 0 Å². The first-order valence-electron chi connectivity index (χ1n) is 6.01. The minimum atomic E-state index is -1.07. The van der Waals surface area contributed by atoms with Crippen molar-refractivity contribution in [2.75, 3.05) is 13.1 Å². The molecule has 1 amide bonds. The van der Waals surface area contributed by atoms with Gasteiger partial charge in [-0.25, -0.2) is 0 Å². The summed E-state index contributed by atoms with van der Waals surface area (Å²) in [6.07, 6.45) is 1.17. The second-order valence-electron chi connectivity index (χ2n) is 4.35. The molecular formula is C13H19ClN2O2. The molecule has 2 rings (SSSR count). The van der Waals surface area contributed by atoms with Crippen molar-refractivity contribution in [1.82, 2.24) is 10.6 Å². The Morgan fingerprint density at radius 3 is 2.78 bits per heavy atom. The molecule has 0 saturated carbocycles. The Kier molecular flexibility index (Phi) is 6.12. The molecular weight excluding hydrogens is 252 g/mol. The number of aliphatic hydroxyl groups excluding tert-OH is 1. The zero-order valence-electron chi connectivity index (χ0n) is 10.1. The molecule has 1 heterocycles. The van der Waals surface area contributed by atoms with Crippen LogP contribution in [0.5, 0.6) is 0 Å². The fourth-order valence-corrected chi connectivity index (χ4v) is 2.04. The van der Waals surface area contributed by atoms with Crippen molar-refractivity contribution in [3.05, 3.63) is 35.9 Å². The lowest BCUT2D eigenvalue weighted by molar-refractivity contribution is -0.129. The Morgan fingerprint density at radius 2 is 2.17 bits per heavy atom. The first-order chi connectivity index (χ1) is 8.27. The monoisotopic (exact) mass is 270 g/mol. The number of nitrogens with one attached hydrogen (secondary N) is 2. The zero-order chi connectivity index (χ0) is 12.1. The number of benzene rings is 1. The summed E-state index contributed by atoms with van der Waals surface area (Å²) in [6, 6.07) is 9.32. The van der Waals surface area contributed by atoms with Gasteiger partial charge in [-0.1, -0.05) is 30.3 Å². The van der Waals surface area contributed by atoms with Crippen LogP contribution in [-0.4, -0.2) is 30.1 Å². The molecule has 0 aromatic heterocycles. The molecule has 4 nitrogen and oxygen atoms in total. The van der Waals surface area contributed by atoms with Crippen molar-refractivity contribution in [2.45, 2.75) is 25.0 Å². The molecule has 0 bridgehead atoms. The van der Waals surface area contributed by atoms with Gasteiger partial charge in [0.2, 0.25) is 0 Å². The van der Waals surface area contributed by atoms with E-state index in [4.69, 9.17) is 0 Å². The Hall–Kier alpha value is -1.10. The molecule has 1 aliphatic rings. The molecule has 1 aliphatic heterocycles. The van der Waals surface area contributed by atoms with Crippen LogP contribution in [0.3, 0.4) is 0 Å². The van der Waals surface area contributed by atoms with Crippen molar-refractivity contribution in [2.24, 2.45) is 0 Å². The molecule has 2 unspecified atom stereocenters. The number of rotatable bonds is 4. The number of halogens is 1. The minimum Gasteiger partial charge on any atom is -0.378 e. The van der Waals surface area contributed by atoms with Gasteiger partial charge in [-0.05, 0) is 24.9 Å². The predicted molar refractivity (Wildman–Crippen MR) is 72.7 cm³/mol. The lowest BCUT2D eigenvalue weighted by Gasteiger charge is -2.14. The predicted octanol–water partition coefficient (Wildman–Crippen LogP) is 1.01. The van der Waals surface area contributed by atoms with E-state index < -0.39 is 6.10 Å². The van der Waals surface area contributed by atoms with Gasteiger partial charge in [0.15, 0.2) is 6.10 Å². The quantitative estimate of drug-likeness (QED) is 0.765. The fraction of sp³-hybridized carbons (Fsp3) is 0.462. The van der Waals surface area contributed by atoms with E-state index in [0.29, 0.717) is 18.2 Å². The van der Waals surface area contributed by atoms with Crippen molar-refractivity contribution in [3.63, 3.8) is 0 Å². The van der Waals surface area contributed by atoms with Gasteiger partial charge in [-0.3, -0.25) is 4.79 Å².